The zero-order chi connectivity index (χ0) is 14.7. The van der Waals surface area contributed by atoms with Crippen LogP contribution in [0.1, 0.15) is 22.3 Å². The van der Waals surface area contributed by atoms with Crippen molar-refractivity contribution in [2.45, 2.75) is 26.9 Å². The van der Waals surface area contributed by atoms with E-state index in [0.29, 0.717) is 34.8 Å². The monoisotopic (exact) mass is 293 g/mol. The first-order valence-corrected chi connectivity index (χ1v) is 6.79. The highest BCUT2D eigenvalue weighted by atomic mass is 35.5. The quantitative estimate of drug-likeness (QED) is 0.890. The zero-order valence-corrected chi connectivity index (χ0v) is 12.3. The van der Waals surface area contributed by atoms with Crippen LogP contribution >= 0.6 is 11.6 Å². The molecule has 0 heterocycles. The Morgan fingerprint density at radius 2 is 1.80 bits per heavy atom. The van der Waals surface area contributed by atoms with E-state index in [0.717, 1.165) is 5.56 Å². The highest BCUT2D eigenvalue weighted by molar-refractivity contribution is 6.31. The molecule has 106 valence electrons. The van der Waals surface area contributed by atoms with Crippen molar-refractivity contribution in [3.63, 3.8) is 0 Å². The molecule has 2 nitrogen and oxygen atoms in total. The average Bonchev–Trinajstić information content (AvgIpc) is 2.39. The van der Waals surface area contributed by atoms with Crippen molar-refractivity contribution >= 4 is 11.6 Å². The molecule has 0 fully saturated rings. The molecule has 0 saturated carbocycles. The van der Waals surface area contributed by atoms with Crippen LogP contribution in [0.2, 0.25) is 5.02 Å². The fraction of sp³-hybridized carbons (Fsp3) is 0.250. The van der Waals surface area contributed by atoms with E-state index in [9.17, 15) is 9.50 Å². The molecular weight excluding hydrogens is 277 g/mol. The van der Waals surface area contributed by atoms with Gasteiger partial charge in [-0.05, 0) is 42.7 Å². The number of hydrogen-bond donors (Lipinski definition) is 2. The van der Waals surface area contributed by atoms with E-state index in [-0.39, 0.29) is 11.6 Å². The first-order valence-electron chi connectivity index (χ1n) is 6.41. The Balaban J connectivity index is 2.03. The van der Waals surface area contributed by atoms with Gasteiger partial charge in [-0.2, -0.15) is 0 Å². The molecule has 2 aromatic carbocycles. The minimum absolute atomic E-state index is 0.155. The molecule has 0 atom stereocenters. The SMILES string of the molecule is Cc1cc(CNCc2c(O)cccc2Cl)cc(C)c1F. The van der Waals surface area contributed by atoms with Crippen molar-refractivity contribution in [2.24, 2.45) is 0 Å². The summed E-state index contributed by atoms with van der Waals surface area (Å²) in [5.41, 5.74) is 2.96. The fourth-order valence-electron chi connectivity index (χ4n) is 2.19. The van der Waals surface area contributed by atoms with Crippen LogP contribution in [-0.4, -0.2) is 5.11 Å². The highest BCUT2D eigenvalue weighted by Gasteiger charge is 2.07. The summed E-state index contributed by atoms with van der Waals surface area (Å²) < 4.78 is 13.5. The number of phenols is 1. The molecule has 0 amide bonds. The van der Waals surface area contributed by atoms with Crippen LogP contribution in [0.4, 0.5) is 4.39 Å². The number of halogens is 2. The molecular formula is C16H17ClFNO. The molecule has 0 aliphatic heterocycles. The summed E-state index contributed by atoms with van der Waals surface area (Å²) in [4.78, 5) is 0. The second-order valence-corrected chi connectivity index (χ2v) is 5.29. The van der Waals surface area contributed by atoms with Crippen LogP contribution in [0.25, 0.3) is 0 Å². The van der Waals surface area contributed by atoms with Gasteiger partial charge < -0.3 is 10.4 Å². The normalized spacial score (nSPS) is 10.8. The lowest BCUT2D eigenvalue weighted by molar-refractivity contribution is 0.464. The Bertz CT molecular complexity index is 585. The van der Waals surface area contributed by atoms with E-state index in [2.05, 4.69) is 5.32 Å². The van der Waals surface area contributed by atoms with Gasteiger partial charge in [0.2, 0.25) is 0 Å². The first-order chi connectivity index (χ1) is 9.49. The summed E-state index contributed by atoms with van der Waals surface area (Å²) >= 11 is 6.03. The Morgan fingerprint density at radius 1 is 1.15 bits per heavy atom. The van der Waals surface area contributed by atoms with Crippen molar-refractivity contribution in [3.8, 4) is 5.75 Å². The van der Waals surface area contributed by atoms with Crippen molar-refractivity contribution in [3.05, 3.63) is 63.4 Å². The van der Waals surface area contributed by atoms with Crippen LogP contribution in [0.5, 0.6) is 5.75 Å². The van der Waals surface area contributed by atoms with Gasteiger partial charge in [-0.25, -0.2) is 4.39 Å². The van der Waals surface area contributed by atoms with Gasteiger partial charge in [-0.15, -0.1) is 0 Å². The maximum Gasteiger partial charge on any atom is 0.129 e. The van der Waals surface area contributed by atoms with E-state index >= 15 is 0 Å². The maximum atomic E-state index is 13.5. The lowest BCUT2D eigenvalue weighted by Gasteiger charge is -2.10. The summed E-state index contributed by atoms with van der Waals surface area (Å²) in [7, 11) is 0. The van der Waals surface area contributed by atoms with Gasteiger partial charge in [0.05, 0.1) is 0 Å². The predicted molar refractivity (Wildman–Crippen MR) is 79.5 cm³/mol. The third-order valence-electron chi connectivity index (χ3n) is 3.22. The molecule has 2 aromatic rings. The second-order valence-electron chi connectivity index (χ2n) is 4.88. The minimum atomic E-state index is -0.155. The van der Waals surface area contributed by atoms with E-state index in [1.54, 1.807) is 32.0 Å². The molecule has 20 heavy (non-hydrogen) atoms. The highest BCUT2D eigenvalue weighted by Crippen LogP contribution is 2.25. The zero-order valence-electron chi connectivity index (χ0n) is 11.5. The van der Waals surface area contributed by atoms with Crippen LogP contribution < -0.4 is 5.32 Å². The molecule has 0 aliphatic rings. The van der Waals surface area contributed by atoms with Gasteiger partial charge in [-0.1, -0.05) is 29.8 Å². The molecule has 0 unspecified atom stereocenters. The molecule has 0 saturated heterocycles. The van der Waals surface area contributed by atoms with Crippen LogP contribution in [-0.2, 0) is 13.1 Å². The fourth-order valence-corrected chi connectivity index (χ4v) is 2.43. The molecule has 4 heteroatoms. The molecule has 2 rings (SSSR count). The van der Waals surface area contributed by atoms with Gasteiger partial charge >= 0.3 is 0 Å². The number of aryl methyl sites for hydroxylation is 2. The standard InChI is InChI=1S/C16H17ClFNO/c1-10-6-12(7-11(2)16(10)18)8-19-9-13-14(17)4-3-5-15(13)20/h3-7,19-20H,8-9H2,1-2H3. The van der Waals surface area contributed by atoms with E-state index in [4.69, 9.17) is 11.6 Å². The number of benzene rings is 2. The number of rotatable bonds is 4. The average molecular weight is 294 g/mol. The topological polar surface area (TPSA) is 32.3 Å². The minimum Gasteiger partial charge on any atom is -0.508 e. The molecule has 0 aromatic heterocycles. The van der Waals surface area contributed by atoms with Crippen LogP contribution in [0, 0.1) is 19.7 Å². The van der Waals surface area contributed by atoms with Crippen LogP contribution in [0.3, 0.4) is 0 Å². The molecule has 0 radical (unpaired) electrons. The number of phenolic OH excluding ortho intramolecular Hbond substituents is 1. The molecule has 0 bridgehead atoms. The maximum absolute atomic E-state index is 13.5. The lowest BCUT2D eigenvalue weighted by Crippen LogP contribution is -2.13. The van der Waals surface area contributed by atoms with Gasteiger partial charge in [0.25, 0.3) is 0 Å². The van der Waals surface area contributed by atoms with Gasteiger partial charge in [0.15, 0.2) is 0 Å². The first kappa shape index (κ1) is 14.8. The third-order valence-corrected chi connectivity index (χ3v) is 3.58. The largest absolute Gasteiger partial charge is 0.508 e. The molecule has 0 aliphatic carbocycles. The summed E-state index contributed by atoms with van der Waals surface area (Å²) in [6, 6.07) is 8.69. The number of nitrogens with one attached hydrogen (secondary N) is 1. The molecule has 0 spiro atoms. The Kier molecular flexibility index (Phi) is 4.63. The Morgan fingerprint density at radius 3 is 2.40 bits per heavy atom. The van der Waals surface area contributed by atoms with Gasteiger partial charge in [0.1, 0.15) is 11.6 Å². The van der Waals surface area contributed by atoms with Crippen molar-refractivity contribution < 1.29 is 9.50 Å². The van der Waals surface area contributed by atoms with E-state index < -0.39 is 0 Å². The van der Waals surface area contributed by atoms with Crippen LogP contribution in [0.15, 0.2) is 30.3 Å². The van der Waals surface area contributed by atoms with Crippen molar-refractivity contribution in [1.29, 1.82) is 0 Å². The van der Waals surface area contributed by atoms with Gasteiger partial charge in [-0.3, -0.25) is 0 Å². The summed E-state index contributed by atoms with van der Waals surface area (Å²) in [5, 5.41) is 13.5. The third kappa shape index (κ3) is 3.30. The summed E-state index contributed by atoms with van der Waals surface area (Å²) in [5.74, 6) is 0.0222. The van der Waals surface area contributed by atoms with E-state index in [1.165, 1.54) is 0 Å². The predicted octanol–water partition coefficient (Wildman–Crippen LogP) is 4.09. The van der Waals surface area contributed by atoms with E-state index in [1.807, 2.05) is 12.1 Å². The Labute approximate surface area is 123 Å². The van der Waals surface area contributed by atoms with Crippen molar-refractivity contribution in [1.82, 2.24) is 5.32 Å². The van der Waals surface area contributed by atoms with Crippen molar-refractivity contribution in [2.75, 3.05) is 0 Å². The number of hydrogen-bond acceptors (Lipinski definition) is 2. The summed E-state index contributed by atoms with van der Waals surface area (Å²) in [6.45, 7) is 4.56. The van der Waals surface area contributed by atoms with Gasteiger partial charge in [0, 0.05) is 23.7 Å². The summed E-state index contributed by atoms with van der Waals surface area (Å²) in [6.07, 6.45) is 0. The molecule has 2 N–H and O–H groups in total. The number of aromatic hydroxyl groups is 1. The lowest BCUT2D eigenvalue weighted by atomic mass is 10.1. The smallest absolute Gasteiger partial charge is 0.129 e. The second kappa shape index (κ2) is 6.25. The Hall–Kier alpha value is -1.58.